The Labute approximate surface area is 544 Å². The molecule has 92 heavy (non-hydrogen) atoms. The fraction of sp³-hybridized carbons (Fsp3) is 0.286. The van der Waals surface area contributed by atoms with E-state index in [-0.39, 0.29) is 96.5 Å². The van der Waals surface area contributed by atoms with Gasteiger partial charge in [-0.05, 0) is 149 Å². The maximum Gasteiger partial charge on any atom is 0.407 e. The first-order valence-corrected chi connectivity index (χ1v) is 30.3. The number of benzene rings is 7. The number of carboxylic acids is 1. The molecule has 0 spiro atoms. The Balaban J connectivity index is 0.000000222. The number of nitrogens with two attached hydrogens (primary N) is 1. The second-order valence-corrected chi connectivity index (χ2v) is 23.5. The number of fused-ring (bicyclic) bond motifs is 3. The zero-order valence-electron chi connectivity index (χ0n) is 52.0. The first-order valence-electron chi connectivity index (χ1n) is 29.3. The Morgan fingerprint density at radius 3 is 1.38 bits per heavy atom. The van der Waals surface area contributed by atoms with Gasteiger partial charge in [-0.1, -0.05) is 123 Å². The number of carbonyl (C=O) groups is 5. The van der Waals surface area contributed by atoms with E-state index in [4.69, 9.17) is 43.5 Å². The van der Waals surface area contributed by atoms with Gasteiger partial charge in [-0.25, -0.2) is 37.7 Å². The number of hydrogen-bond acceptors (Lipinski definition) is 13. The lowest BCUT2D eigenvalue weighted by Gasteiger charge is -2.21. The number of alkyl halides is 2. The minimum atomic E-state index is -0.987. The molecule has 0 bridgehead atoms. The van der Waals surface area contributed by atoms with Crippen molar-refractivity contribution < 1.29 is 51.7 Å². The van der Waals surface area contributed by atoms with E-state index in [1.165, 1.54) is 36.4 Å². The van der Waals surface area contributed by atoms with Crippen molar-refractivity contribution in [2.24, 2.45) is 32.5 Å². The van der Waals surface area contributed by atoms with Crippen molar-refractivity contribution in [2.75, 3.05) is 32.1 Å². The summed E-state index contributed by atoms with van der Waals surface area (Å²) in [5.74, 6) is -1.90. The van der Waals surface area contributed by atoms with Gasteiger partial charge in [0, 0.05) is 44.8 Å². The Hall–Kier alpha value is -9.05. The number of alkyl carbamates (subject to hydrolysis) is 1. The summed E-state index contributed by atoms with van der Waals surface area (Å²) in [6, 6.07) is 45.6. The molecule has 7 aromatic rings. The highest BCUT2D eigenvalue weighted by Crippen LogP contribution is 2.35. The van der Waals surface area contributed by atoms with Crippen molar-refractivity contribution in [3.8, 4) is 33.4 Å². The normalized spacial score (nSPS) is 13.1. The van der Waals surface area contributed by atoms with E-state index in [1.54, 1.807) is 57.2 Å². The van der Waals surface area contributed by atoms with Crippen LogP contribution in [0.4, 0.5) is 35.0 Å². The van der Waals surface area contributed by atoms with Crippen molar-refractivity contribution >= 4 is 87.2 Å². The van der Waals surface area contributed by atoms with Crippen molar-refractivity contribution in [3.05, 3.63) is 197 Å². The SMILES string of the molecule is CC(C)(C)OC(=O)NC[C@@H](CN)CC(=O)OCc1ccccc1.CC[C@H](C)CNC(=O)C1=Nc2cc(-c3ccc(F)cc3)ccc2C1.N.N.O=C(NC[C@@H](Cl)CCl)C1=Nc2cc(-c3ccc(F)cc3)ccc2C1.O=C(O)C1=Nc2cc(-c3ccc(F)cc3)ccc2C1. The van der Waals surface area contributed by atoms with E-state index in [9.17, 15) is 37.1 Å². The molecule has 22 heteroatoms. The number of aliphatic imine (C=N–C) groups is 3. The molecule has 3 aliphatic heterocycles. The van der Waals surface area contributed by atoms with Crippen LogP contribution >= 0.6 is 23.2 Å². The fourth-order valence-electron chi connectivity index (χ4n) is 9.09. The molecule has 3 heterocycles. The van der Waals surface area contributed by atoms with Crippen LogP contribution in [0.1, 0.15) is 69.7 Å². The third-order valence-corrected chi connectivity index (χ3v) is 15.2. The largest absolute Gasteiger partial charge is 0.477 e. The lowest BCUT2D eigenvalue weighted by atomic mass is 10.0. The molecule has 10 rings (SSSR count). The second-order valence-electron chi connectivity index (χ2n) is 22.6. The summed E-state index contributed by atoms with van der Waals surface area (Å²) in [6.45, 7) is 11.3. The minimum Gasteiger partial charge on any atom is -0.477 e. The molecule has 0 radical (unpaired) electrons. The summed E-state index contributed by atoms with van der Waals surface area (Å²) >= 11 is 11.5. The van der Waals surface area contributed by atoms with Gasteiger partial charge in [0.1, 0.15) is 46.8 Å². The van der Waals surface area contributed by atoms with Crippen molar-refractivity contribution in [3.63, 3.8) is 0 Å². The highest BCUT2D eigenvalue weighted by Gasteiger charge is 2.25. The molecular weight excluding hydrogens is 1220 g/mol. The summed E-state index contributed by atoms with van der Waals surface area (Å²) in [5.41, 5.74) is 17.9. The molecule has 0 saturated heterocycles. The summed E-state index contributed by atoms with van der Waals surface area (Å²) in [4.78, 5) is 71.7. The van der Waals surface area contributed by atoms with Gasteiger partial charge in [0.15, 0.2) is 0 Å². The molecule has 3 aliphatic rings. The number of hydrogen-bond donors (Lipinski definition) is 7. The third-order valence-electron chi connectivity index (χ3n) is 14.3. The molecule has 486 valence electrons. The predicted octanol–water partition coefficient (Wildman–Crippen LogP) is 14.1. The van der Waals surface area contributed by atoms with E-state index in [0.717, 1.165) is 73.4 Å². The predicted molar refractivity (Wildman–Crippen MR) is 359 cm³/mol. The number of halogens is 5. The number of ether oxygens (including phenoxy) is 2. The van der Waals surface area contributed by atoms with Crippen LogP contribution in [0.15, 0.2) is 173 Å². The van der Waals surface area contributed by atoms with Crippen LogP contribution in [0.5, 0.6) is 0 Å². The molecule has 0 aromatic heterocycles. The topological polar surface area (TPSA) is 293 Å². The zero-order chi connectivity index (χ0) is 64.9. The highest BCUT2D eigenvalue weighted by atomic mass is 35.5. The molecule has 7 aromatic carbocycles. The number of rotatable bonds is 19. The van der Waals surface area contributed by atoms with Crippen LogP contribution in [0, 0.1) is 29.3 Å². The Bertz CT molecular complexity index is 3600. The van der Waals surface area contributed by atoms with Gasteiger partial charge in [-0.15, -0.1) is 23.2 Å². The number of carboxylic acid groups (broad SMARTS) is 1. The minimum absolute atomic E-state index is 0. The molecular formula is C70H78Cl2F3N9O8. The number of carbonyl (C=O) groups excluding carboxylic acids is 4. The fourth-order valence-corrected chi connectivity index (χ4v) is 9.27. The second kappa shape index (κ2) is 35.5. The standard InChI is InChI=1S/C20H21FN2O.C18H15Cl2FN2O.C17H26N2O4.C15H10FNO2.2H3N/c1-3-13(2)12-22-20(24)19-11-16-5-4-15(10-18(16)23-19)14-6-8-17(21)9-7-14;19-9-14(20)10-22-18(24)17-8-13-2-1-12(7-16(13)23-17)11-3-5-15(21)6-4-11;1-17(2,3)23-16(21)19-11-14(10-18)9-15(20)22-12-13-7-5-4-6-8-13;16-12-5-3-9(4-6-12)10-1-2-11-8-14(15(18)19)17-13(11)7-10;;/h4-10,13H,3,11-12H2,1-2H3,(H,22,24);1-7,14H,8-10H2,(H,22,24);4-8,14H,9-12,18H2,1-3H3,(H,19,21);1-7H,8H2,(H,18,19);2*1H3/t13-;2*14-;;;/m001.../s1. The van der Waals surface area contributed by atoms with Gasteiger partial charge in [0.25, 0.3) is 11.8 Å². The number of amides is 3. The van der Waals surface area contributed by atoms with Gasteiger partial charge in [0.2, 0.25) is 0 Å². The van der Waals surface area contributed by atoms with Crippen molar-refractivity contribution in [1.82, 2.24) is 28.3 Å². The van der Waals surface area contributed by atoms with Gasteiger partial charge < -0.3 is 48.6 Å². The summed E-state index contributed by atoms with van der Waals surface area (Å²) in [6.07, 6.45) is 2.07. The van der Waals surface area contributed by atoms with E-state index in [1.807, 2.05) is 84.9 Å². The van der Waals surface area contributed by atoms with Crippen molar-refractivity contribution in [2.45, 2.75) is 84.3 Å². The summed E-state index contributed by atoms with van der Waals surface area (Å²) in [7, 11) is 0. The molecule has 3 atom stereocenters. The molecule has 3 amide bonds. The maximum absolute atomic E-state index is 13.1. The quantitative estimate of drug-likeness (QED) is 0.0295. The number of aliphatic carboxylic acids is 1. The monoisotopic (exact) mass is 1300 g/mol. The molecule has 0 saturated carbocycles. The Morgan fingerprint density at radius 2 is 0.989 bits per heavy atom. The van der Waals surface area contributed by atoms with Crippen LogP contribution < -0.4 is 34.0 Å². The lowest BCUT2D eigenvalue weighted by Crippen LogP contribution is -2.37. The van der Waals surface area contributed by atoms with Crippen LogP contribution in [0.3, 0.4) is 0 Å². The molecule has 0 unspecified atom stereocenters. The third kappa shape index (κ3) is 22.7. The van der Waals surface area contributed by atoms with Crippen LogP contribution in [0.25, 0.3) is 33.4 Å². The number of nitrogens with zero attached hydrogens (tertiary/aromatic N) is 3. The Morgan fingerprint density at radius 1 is 0.587 bits per heavy atom. The molecule has 0 fully saturated rings. The van der Waals surface area contributed by atoms with E-state index < -0.39 is 17.7 Å². The van der Waals surface area contributed by atoms with Crippen LogP contribution in [0.2, 0.25) is 0 Å². The van der Waals surface area contributed by atoms with Gasteiger partial charge in [0.05, 0.1) is 28.9 Å². The number of esters is 1. The van der Waals surface area contributed by atoms with Gasteiger partial charge in [-0.3, -0.25) is 14.4 Å². The summed E-state index contributed by atoms with van der Waals surface area (Å²) in [5, 5.41) is 16.9. The van der Waals surface area contributed by atoms with E-state index >= 15 is 0 Å². The molecule has 17 nitrogen and oxygen atoms in total. The smallest absolute Gasteiger partial charge is 0.407 e. The maximum atomic E-state index is 13.1. The molecule has 0 aliphatic carbocycles. The first kappa shape index (κ1) is 73.7. The molecule has 12 N–H and O–H groups in total. The van der Waals surface area contributed by atoms with Crippen LogP contribution in [-0.4, -0.2) is 95.1 Å². The first-order chi connectivity index (χ1) is 43.1. The summed E-state index contributed by atoms with van der Waals surface area (Å²) < 4.78 is 49.3. The van der Waals surface area contributed by atoms with Gasteiger partial charge in [-0.2, -0.15) is 0 Å². The average molecular weight is 1300 g/mol. The van der Waals surface area contributed by atoms with E-state index in [0.29, 0.717) is 55.4 Å². The van der Waals surface area contributed by atoms with E-state index in [2.05, 4.69) is 44.8 Å². The lowest BCUT2D eigenvalue weighted by molar-refractivity contribution is -0.146. The van der Waals surface area contributed by atoms with Crippen LogP contribution in [-0.2, 0) is 54.5 Å². The zero-order valence-corrected chi connectivity index (χ0v) is 53.6. The van der Waals surface area contributed by atoms with Gasteiger partial charge >= 0.3 is 18.0 Å². The highest BCUT2D eigenvalue weighted by molar-refractivity contribution is 6.41. The number of nitrogens with one attached hydrogen (secondary N) is 3. The van der Waals surface area contributed by atoms with Crippen molar-refractivity contribution in [1.29, 1.82) is 0 Å². The Kier molecular flexibility index (Phi) is 28.5. The average Bonchev–Trinajstić information content (AvgIpc) is 1.71.